The molecule has 0 spiro atoms. The molecule has 0 rings (SSSR count). The van der Waals surface area contributed by atoms with Crippen LogP contribution in [0.3, 0.4) is 0 Å². The van der Waals surface area contributed by atoms with Crippen molar-refractivity contribution in [1.82, 2.24) is 0 Å². The first-order valence-corrected chi connectivity index (χ1v) is 6.64. The van der Waals surface area contributed by atoms with Gasteiger partial charge in [0.05, 0.1) is 0 Å². The molecule has 0 aliphatic heterocycles. The minimum absolute atomic E-state index is 0.902. The van der Waals surface area contributed by atoms with Crippen LogP contribution >= 0.6 is 0 Å². The van der Waals surface area contributed by atoms with Crippen LogP contribution in [0.25, 0.3) is 0 Å². The number of allylic oxidation sites excluding steroid dienone is 6. The molecule has 15 heavy (non-hydrogen) atoms. The van der Waals surface area contributed by atoms with Gasteiger partial charge in [0.25, 0.3) is 0 Å². The van der Waals surface area contributed by atoms with Crippen molar-refractivity contribution in [2.24, 2.45) is 0 Å². The molecular weight excluding hydrogens is 208 g/mol. The molecule has 0 aromatic heterocycles. The van der Waals surface area contributed by atoms with E-state index < -0.39 is 9.84 Å². The first-order chi connectivity index (χ1) is 7.12. The van der Waals surface area contributed by atoms with Gasteiger partial charge in [-0.15, -0.1) is 0 Å². The smallest absolute Gasteiger partial charge is 0.193 e. The summed E-state index contributed by atoms with van der Waals surface area (Å²) < 4.78 is 22.6. The summed E-state index contributed by atoms with van der Waals surface area (Å²) in [7, 11) is -3.21. The van der Waals surface area contributed by atoms with Gasteiger partial charge in [0.1, 0.15) is 0 Å². The van der Waals surface area contributed by atoms with Gasteiger partial charge in [-0.3, -0.25) is 0 Å². The van der Waals surface area contributed by atoms with E-state index in [1.165, 1.54) is 23.0 Å². The molecule has 0 saturated heterocycles. The van der Waals surface area contributed by atoms with E-state index in [1.807, 2.05) is 26.0 Å². The Bertz CT molecular complexity index is 327. The van der Waals surface area contributed by atoms with Crippen molar-refractivity contribution in [2.75, 3.05) is 0 Å². The molecule has 0 aromatic carbocycles. The molecule has 0 N–H and O–H groups in total. The van der Waals surface area contributed by atoms with Gasteiger partial charge in [-0.05, 0) is 12.8 Å². The third-order valence-corrected chi connectivity index (χ3v) is 2.58. The Hall–Kier alpha value is -1.09. The van der Waals surface area contributed by atoms with Gasteiger partial charge in [-0.25, -0.2) is 8.42 Å². The molecule has 0 heterocycles. The van der Waals surface area contributed by atoms with E-state index in [1.54, 1.807) is 12.2 Å². The fraction of sp³-hybridized carbons (Fsp3) is 0.333. The zero-order valence-corrected chi connectivity index (χ0v) is 10.1. The van der Waals surface area contributed by atoms with Gasteiger partial charge in [-0.2, -0.15) is 0 Å². The highest BCUT2D eigenvalue weighted by Crippen LogP contribution is 1.96. The molecule has 84 valence electrons. The third-order valence-electron chi connectivity index (χ3n) is 1.50. The highest BCUT2D eigenvalue weighted by atomic mass is 32.2. The monoisotopic (exact) mass is 226 g/mol. The van der Waals surface area contributed by atoms with Gasteiger partial charge in [-0.1, -0.05) is 50.3 Å². The average Bonchev–Trinajstić information content (AvgIpc) is 2.20. The van der Waals surface area contributed by atoms with Crippen molar-refractivity contribution in [2.45, 2.75) is 26.7 Å². The van der Waals surface area contributed by atoms with Crippen LogP contribution in [0.2, 0.25) is 0 Å². The van der Waals surface area contributed by atoms with Crippen molar-refractivity contribution in [1.29, 1.82) is 0 Å². The zero-order valence-electron chi connectivity index (χ0n) is 9.26. The van der Waals surface area contributed by atoms with E-state index in [9.17, 15) is 8.42 Å². The fourth-order valence-corrected chi connectivity index (χ4v) is 1.49. The fourth-order valence-electron chi connectivity index (χ4n) is 0.784. The van der Waals surface area contributed by atoms with Crippen LogP contribution in [0.1, 0.15) is 26.7 Å². The van der Waals surface area contributed by atoms with E-state index in [0.717, 1.165) is 12.8 Å². The first-order valence-electron chi connectivity index (χ1n) is 5.04. The van der Waals surface area contributed by atoms with Crippen LogP contribution in [-0.2, 0) is 9.84 Å². The van der Waals surface area contributed by atoms with Gasteiger partial charge in [0, 0.05) is 10.8 Å². The maximum absolute atomic E-state index is 11.3. The van der Waals surface area contributed by atoms with Crippen LogP contribution in [0, 0.1) is 0 Å². The number of hydrogen-bond donors (Lipinski definition) is 0. The summed E-state index contributed by atoms with van der Waals surface area (Å²) in [6.07, 6.45) is 12.1. The Morgan fingerprint density at radius 2 is 1.20 bits per heavy atom. The van der Waals surface area contributed by atoms with Crippen molar-refractivity contribution in [3.8, 4) is 0 Å². The Morgan fingerprint density at radius 3 is 1.53 bits per heavy atom. The predicted molar refractivity (Wildman–Crippen MR) is 66.1 cm³/mol. The first kappa shape index (κ1) is 13.9. The molecule has 0 unspecified atom stereocenters. The summed E-state index contributed by atoms with van der Waals surface area (Å²) in [6.45, 7) is 3.99. The summed E-state index contributed by atoms with van der Waals surface area (Å²) in [4.78, 5) is 0. The van der Waals surface area contributed by atoms with Crippen LogP contribution in [0.5, 0.6) is 0 Å². The summed E-state index contributed by atoms with van der Waals surface area (Å²) in [5.74, 6) is 0. The molecule has 0 saturated carbocycles. The highest BCUT2D eigenvalue weighted by Gasteiger charge is 1.95. The molecule has 0 radical (unpaired) electrons. The highest BCUT2D eigenvalue weighted by molar-refractivity contribution is 7.97. The summed E-state index contributed by atoms with van der Waals surface area (Å²) in [6, 6.07) is 0. The Labute approximate surface area is 92.6 Å². The number of sulfone groups is 1. The molecule has 3 heteroatoms. The van der Waals surface area contributed by atoms with E-state index in [2.05, 4.69) is 0 Å². The molecule has 0 aromatic rings. The molecule has 2 nitrogen and oxygen atoms in total. The Morgan fingerprint density at radius 1 is 0.800 bits per heavy atom. The molecule has 0 aliphatic carbocycles. The summed E-state index contributed by atoms with van der Waals surface area (Å²) in [5, 5.41) is 2.38. The third kappa shape index (κ3) is 9.22. The van der Waals surface area contributed by atoms with Crippen LogP contribution < -0.4 is 0 Å². The van der Waals surface area contributed by atoms with Gasteiger partial charge in [0.2, 0.25) is 0 Å². The number of hydrogen-bond acceptors (Lipinski definition) is 2. The second kappa shape index (κ2) is 8.24. The largest absolute Gasteiger partial charge is 0.220 e. The minimum Gasteiger partial charge on any atom is -0.220 e. The normalized spacial score (nSPS) is 14.0. The van der Waals surface area contributed by atoms with E-state index in [4.69, 9.17) is 0 Å². The van der Waals surface area contributed by atoms with Crippen molar-refractivity contribution in [3.05, 3.63) is 47.3 Å². The summed E-state index contributed by atoms with van der Waals surface area (Å²) >= 11 is 0. The molecule has 0 aliphatic rings. The Kier molecular flexibility index (Phi) is 7.64. The van der Waals surface area contributed by atoms with Crippen LogP contribution in [0.4, 0.5) is 0 Å². The Balaban J connectivity index is 4.31. The topological polar surface area (TPSA) is 34.1 Å². The van der Waals surface area contributed by atoms with Crippen LogP contribution in [0.15, 0.2) is 47.3 Å². The maximum Gasteiger partial charge on any atom is 0.193 e. The number of rotatable bonds is 6. The van der Waals surface area contributed by atoms with E-state index in [0.29, 0.717) is 0 Å². The molecular formula is C12H18O2S. The lowest BCUT2D eigenvalue weighted by Crippen LogP contribution is -1.86. The van der Waals surface area contributed by atoms with Gasteiger partial charge in [0.15, 0.2) is 9.84 Å². The molecule has 0 fully saturated rings. The second-order valence-corrected chi connectivity index (χ2v) is 4.64. The van der Waals surface area contributed by atoms with E-state index in [-0.39, 0.29) is 0 Å². The lowest BCUT2D eigenvalue weighted by Gasteiger charge is -1.85. The lowest BCUT2D eigenvalue weighted by molar-refractivity contribution is 0.612. The van der Waals surface area contributed by atoms with Crippen molar-refractivity contribution in [3.63, 3.8) is 0 Å². The standard InChI is InChI=1S/C12H18O2S/c1-3-5-7-9-11-15(13,14)12-10-8-6-4-2/h5-12H,3-4H2,1-2H3. The summed E-state index contributed by atoms with van der Waals surface area (Å²) in [5.41, 5.74) is 0. The molecule has 0 atom stereocenters. The second-order valence-electron chi connectivity index (χ2n) is 2.92. The van der Waals surface area contributed by atoms with Gasteiger partial charge >= 0.3 is 0 Å². The SMILES string of the molecule is CCC=CC=CS(=O)(=O)C=CC=CCC. The van der Waals surface area contributed by atoms with Gasteiger partial charge < -0.3 is 0 Å². The average molecular weight is 226 g/mol. The molecule has 0 amide bonds. The van der Waals surface area contributed by atoms with Crippen LogP contribution in [-0.4, -0.2) is 8.42 Å². The predicted octanol–water partition coefficient (Wildman–Crippen LogP) is 3.36. The lowest BCUT2D eigenvalue weighted by atomic mass is 10.4. The quantitative estimate of drug-likeness (QED) is 0.651. The van der Waals surface area contributed by atoms with Crippen molar-refractivity contribution < 1.29 is 8.42 Å². The molecule has 0 bridgehead atoms. The zero-order chi connectivity index (χ0) is 11.6. The van der Waals surface area contributed by atoms with E-state index >= 15 is 0 Å². The maximum atomic E-state index is 11.3. The van der Waals surface area contributed by atoms with Crippen molar-refractivity contribution >= 4 is 9.84 Å². The minimum atomic E-state index is -3.21.